The first-order valence-electron chi connectivity index (χ1n) is 8.25. The molecule has 0 unspecified atom stereocenters. The number of aromatic nitrogens is 2. The average Bonchev–Trinajstić information content (AvgIpc) is 2.75. The van der Waals surface area contributed by atoms with E-state index in [9.17, 15) is 4.79 Å². The predicted octanol–water partition coefficient (Wildman–Crippen LogP) is 3.58. The number of carbonyl (C=O) groups is 1. The molecule has 0 fully saturated rings. The van der Waals surface area contributed by atoms with E-state index in [0.717, 1.165) is 29.1 Å². The number of amides is 1. The summed E-state index contributed by atoms with van der Waals surface area (Å²) in [6.45, 7) is 11.3. The van der Waals surface area contributed by atoms with E-state index in [1.165, 1.54) is 0 Å². The van der Waals surface area contributed by atoms with Gasteiger partial charge >= 0.3 is 0 Å². The summed E-state index contributed by atoms with van der Waals surface area (Å²) in [7, 11) is 0. The zero-order valence-corrected chi connectivity index (χ0v) is 14.8. The largest absolute Gasteiger partial charge is 0.349 e. The van der Waals surface area contributed by atoms with Gasteiger partial charge in [0.2, 0.25) is 5.91 Å². The lowest BCUT2D eigenvalue weighted by molar-refractivity contribution is -0.121. The van der Waals surface area contributed by atoms with Gasteiger partial charge in [-0.1, -0.05) is 44.2 Å². The molecule has 0 aliphatic carbocycles. The van der Waals surface area contributed by atoms with Gasteiger partial charge in [-0.15, -0.1) is 0 Å². The molecule has 1 N–H and O–H groups in total. The van der Waals surface area contributed by atoms with Crippen molar-refractivity contribution in [2.45, 2.75) is 53.6 Å². The number of rotatable bonds is 6. The van der Waals surface area contributed by atoms with Crippen LogP contribution in [0.2, 0.25) is 0 Å². The van der Waals surface area contributed by atoms with Crippen molar-refractivity contribution in [3.8, 4) is 0 Å². The Balaban J connectivity index is 2.04. The highest BCUT2D eigenvalue weighted by molar-refractivity contribution is 5.79. The molecule has 4 nitrogen and oxygen atoms in total. The molecule has 23 heavy (non-hydrogen) atoms. The molecule has 0 saturated heterocycles. The lowest BCUT2D eigenvalue weighted by Gasteiger charge is -2.14. The van der Waals surface area contributed by atoms with Gasteiger partial charge in [0.1, 0.15) is 0 Å². The molecule has 1 amide bonds. The Morgan fingerprint density at radius 3 is 2.43 bits per heavy atom. The quantitative estimate of drug-likeness (QED) is 0.886. The van der Waals surface area contributed by atoms with Crippen molar-refractivity contribution in [2.75, 3.05) is 0 Å². The van der Waals surface area contributed by atoms with E-state index in [-0.39, 0.29) is 11.9 Å². The van der Waals surface area contributed by atoms with Crippen LogP contribution in [0, 0.1) is 19.8 Å². The summed E-state index contributed by atoms with van der Waals surface area (Å²) in [6.07, 6.45) is 0.382. The molecule has 0 radical (unpaired) electrons. The number of hydrogen-bond donors (Lipinski definition) is 1. The minimum Gasteiger partial charge on any atom is -0.349 e. The van der Waals surface area contributed by atoms with Crippen LogP contribution in [0.4, 0.5) is 0 Å². The normalized spacial score (nSPS) is 12.4. The number of carbonyl (C=O) groups excluding carboxylic acids is 1. The minimum absolute atomic E-state index is 0.00928. The van der Waals surface area contributed by atoms with Gasteiger partial charge in [0.05, 0.1) is 18.2 Å². The van der Waals surface area contributed by atoms with Crippen molar-refractivity contribution in [3.05, 3.63) is 52.8 Å². The van der Waals surface area contributed by atoms with Crippen molar-refractivity contribution in [1.82, 2.24) is 15.1 Å². The van der Waals surface area contributed by atoms with Crippen LogP contribution in [0.5, 0.6) is 0 Å². The van der Waals surface area contributed by atoms with Gasteiger partial charge in [-0.3, -0.25) is 9.48 Å². The minimum atomic E-state index is 0.00928. The molecule has 0 spiro atoms. The first-order valence-corrected chi connectivity index (χ1v) is 8.25. The highest BCUT2D eigenvalue weighted by Crippen LogP contribution is 2.17. The molecular formula is C19H27N3O. The number of aryl methyl sites for hydroxylation is 1. The fraction of sp³-hybridized carbons (Fsp3) is 0.474. The summed E-state index contributed by atoms with van der Waals surface area (Å²) in [4.78, 5) is 12.4. The van der Waals surface area contributed by atoms with Crippen molar-refractivity contribution in [2.24, 2.45) is 5.92 Å². The van der Waals surface area contributed by atoms with Crippen molar-refractivity contribution in [1.29, 1.82) is 0 Å². The number of benzene rings is 1. The highest BCUT2D eigenvalue weighted by Gasteiger charge is 2.17. The topological polar surface area (TPSA) is 46.9 Å². The molecule has 4 heteroatoms. The van der Waals surface area contributed by atoms with E-state index in [1.54, 1.807) is 0 Å². The standard InChI is InChI=1S/C19H27N3O/c1-13(2)12-22-16(5)18(15(4)21-22)11-19(23)20-14(3)17-9-7-6-8-10-17/h6-10,13-14H,11-12H2,1-5H3,(H,20,23)/t14-/m0/s1. The molecule has 1 aromatic heterocycles. The maximum atomic E-state index is 12.4. The molecule has 2 aromatic rings. The lowest BCUT2D eigenvalue weighted by atomic mass is 10.1. The van der Waals surface area contributed by atoms with Crippen LogP contribution in [0.1, 0.15) is 49.3 Å². The molecule has 0 saturated carbocycles. The maximum Gasteiger partial charge on any atom is 0.225 e. The fourth-order valence-corrected chi connectivity index (χ4v) is 2.79. The van der Waals surface area contributed by atoms with E-state index in [0.29, 0.717) is 12.3 Å². The molecule has 1 atom stereocenters. The Morgan fingerprint density at radius 2 is 1.83 bits per heavy atom. The van der Waals surface area contributed by atoms with Gasteiger partial charge < -0.3 is 5.32 Å². The van der Waals surface area contributed by atoms with Crippen molar-refractivity contribution < 1.29 is 4.79 Å². The van der Waals surface area contributed by atoms with Crippen LogP contribution in [0.15, 0.2) is 30.3 Å². The highest BCUT2D eigenvalue weighted by atomic mass is 16.1. The van der Waals surface area contributed by atoms with E-state index in [1.807, 2.05) is 55.8 Å². The van der Waals surface area contributed by atoms with Gasteiger partial charge in [-0.25, -0.2) is 0 Å². The van der Waals surface area contributed by atoms with E-state index in [2.05, 4.69) is 24.3 Å². The summed E-state index contributed by atoms with van der Waals surface area (Å²) in [5, 5.41) is 7.65. The van der Waals surface area contributed by atoms with Gasteiger partial charge in [-0.2, -0.15) is 5.10 Å². The van der Waals surface area contributed by atoms with Crippen LogP contribution in [0.25, 0.3) is 0 Å². The Hall–Kier alpha value is -2.10. The van der Waals surface area contributed by atoms with E-state index in [4.69, 9.17) is 0 Å². The SMILES string of the molecule is Cc1nn(CC(C)C)c(C)c1CC(=O)N[C@@H](C)c1ccccc1. The Bertz CT molecular complexity index is 659. The molecule has 124 valence electrons. The second kappa shape index (κ2) is 7.44. The molecule has 0 aliphatic rings. The lowest BCUT2D eigenvalue weighted by Crippen LogP contribution is -2.28. The first kappa shape index (κ1) is 17.3. The van der Waals surface area contributed by atoms with Crippen molar-refractivity contribution >= 4 is 5.91 Å². The summed E-state index contributed by atoms with van der Waals surface area (Å²) < 4.78 is 2.02. The number of nitrogens with zero attached hydrogens (tertiary/aromatic N) is 2. The Morgan fingerprint density at radius 1 is 1.17 bits per heavy atom. The monoisotopic (exact) mass is 313 g/mol. The Labute approximate surface area is 138 Å². The molecule has 2 rings (SSSR count). The second-order valence-electron chi connectivity index (χ2n) is 6.60. The molecule has 1 heterocycles. The van der Waals surface area contributed by atoms with E-state index >= 15 is 0 Å². The maximum absolute atomic E-state index is 12.4. The molecular weight excluding hydrogens is 286 g/mol. The summed E-state index contributed by atoms with van der Waals surface area (Å²) in [5.74, 6) is 0.574. The third kappa shape index (κ3) is 4.44. The molecule has 1 aromatic carbocycles. The van der Waals surface area contributed by atoms with Crippen molar-refractivity contribution in [3.63, 3.8) is 0 Å². The van der Waals surface area contributed by atoms with Gasteiger partial charge in [0.25, 0.3) is 0 Å². The van der Waals surface area contributed by atoms with Crippen LogP contribution < -0.4 is 5.32 Å². The zero-order chi connectivity index (χ0) is 17.0. The third-order valence-electron chi connectivity index (χ3n) is 4.08. The summed E-state index contributed by atoms with van der Waals surface area (Å²) in [5.41, 5.74) is 4.21. The smallest absolute Gasteiger partial charge is 0.225 e. The van der Waals surface area contributed by atoms with Gasteiger partial charge in [0.15, 0.2) is 0 Å². The third-order valence-corrected chi connectivity index (χ3v) is 4.08. The number of nitrogens with one attached hydrogen (secondary N) is 1. The zero-order valence-electron chi connectivity index (χ0n) is 14.8. The molecule has 0 aliphatic heterocycles. The summed E-state index contributed by atoms with van der Waals surface area (Å²) >= 11 is 0. The summed E-state index contributed by atoms with van der Waals surface area (Å²) in [6, 6.07) is 10.0. The first-order chi connectivity index (χ1) is 10.9. The fourth-order valence-electron chi connectivity index (χ4n) is 2.79. The van der Waals surface area contributed by atoms with Gasteiger partial charge in [-0.05, 0) is 32.3 Å². The van der Waals surface area contributed by atoms with Crippen LogP contribution in [0.3, 0.4) is 0 Å². The molecule has 0 bridgehead atoms. The van der Waals surface area contributed by atoms with Crippen LogP contribution in [-0.2, 0) is 17.8 Å². The van der Waals surface area contributed by atoms with Gasteiger partial charge in [0, 0.05) is 17.8 Å². The Kier molecular flexibility index (Phi) is 5.59. The van der Waals surface area contributed by atoms with Crippen LogP contribution in [-0.4, -0.2) is 15.7 Å². The second-order valence-corrected chi connectivity index (χ2v) is 6.60. The predicted molar refractivity (Wildman–Crippen MR) is 93.2 cm³/mol. The number of hydrogen-bond acceptors (Lipinski definition) is 2. The van der Waals surface area contributed by atoms with E-state index < -0.39 is 0 Å². The average molecular weight is 313 g/mol. The van der Waals surface area contributed by atoms with Crippen LogP contribution >= 0.6 is 0 Å².